The third-order valence-electron chi connectivity index (χ3n) is 2.98. The van der Waals surface area contributed by atoms with E-state index in [-0.39, 0.29) is 5.92 Å². The summed E-state index contributed by atoms with van der Waals surface area (Å²) in [6.07, 6.45) is 7.64. The molecule has 2 heteroatoms. The molecule has 1 rings (SSSR count). The second kappa shape index (κ2) is 6.29. The fraction of sp³-hybridized carbons (Fsp3) is 0.250. The van der Waals surface area contributed by atoms with Crippen molar-refractivity contribution in [3.8, 4) is 24.5 Å². The average Bonchev–Trinajstić information content (AvgIpc) is 2.44. The van der Waals surface area contributed by atoms with Crippen molar-refractivity contribution in [3.05, 3.63) is 48.6 Å². The van der Waals surface area contributed by atoms with Gasteiger partial charge in [-0.25, -0.2) is 0 Å². The normalized spacial score (nSPS) is 11.6. The lowest BCUT2D eigenvalue weighted by Gasteiger charge is -2.27. The summed E-state index contributed by atoms with van der Waals surface area (Å²) in [6, 6.07) is 13.7. The van der Waals surface area contributed by atoms with Gasteiger partial charge < -0.3 is 0 Å². The SMILES string of the molecule is C#CCC(c1ccccc1)C(C#N)(C#N)CC=C. The van der Waals surface area contributed by atoms with Gasteiger partial charge >= 0.3 is 0 Å². The van der Waals surface area contributed by atoms with E-state index in [1.807, 2.05) is 30.3 Å². The largest absolute Gasteiger partial charge is 0.197 e. The Balaban J connectivity index is 3.28. The third-order valence-corrected chi connectivity index (χ3v) is 2.98. The van der Waals surface area contributed by atoms with Gasteiger partial charge in [-0.1, -0.05) is 36.4 Å². The second-order valence-electron chi connectivity index (χ2n) is 4.06. The molecule has 1 aromatic rings. The number of hydrogen-bond donors (Lipinski definition) is 0. The summed E-state index contributed by atoms with van der Waals surface area (Å²) in [7, 11) is 0. The fourth-order valence-electron chi connectivity index (χ4n) is 2.02. The van der Waals surface area contributed by atoms with Crippen LogP contribution in [-0.4, -0.2) is 0 Å². The van der Waals surface area contributed by atoms with Crippen molar-refractivity contribution in [2.45, 2.75) is 18.8 Å². The zero-order valence-electron chi connectivity index (χ0n) is 10.1. The molecule has 1 aromatic carbocycles. The first-order valence-corrected chi connectivity index (χ1v) is 5.66. The minimum absolute atomic E-state index is 0.295. The van der Waals surface area contributed by atoms with Gasteiger partial charge in [0.05, 0.1) is 12.1 Å². The number of rotatable bonds is 5. The summed E-state index contributed by atoms with van der Waals surface area (Å²) in [5, 5.41) is 18.8. The minimum atomic E-state index is -1.14. The topological polar surface area (TPSA) is 47.6 Å². The lowest BCUT2D eigenvalue weighted by atomic mass is 9.70. The van der Waals surface area contributed by atoms with Crippen LogP contribution in [0, 0.1) is 40.4 Å². The Labute approximate surface area is 108 Å². The van der Waals surface area contributed by atoms with Crippen LogP contribution in [0.4, 0.5) is 0 Å². The van der Waals surface area contributed by atoms with Gasteiger partial charge in [0.25, 0.3) is 0 Å². The maximum atomic E-state index is 9.38. The van der Waals surface area contributed by atoms with Gasteiger partial charge in [0.1, 0.15) is 0 Å². The molecule has 88 valence electrons. The van der Waals surface area contributed by atoms with Crippen LogP contribution in [0.5, 0.6) is 0 Å². The van der Waals surface area contributed by atoms with Crippen molar-refractivity contribution in [2.75, 3.05) is 0 Å². The Bertz CT molecular complexity index is 509. The lowest BCUT2D eigenvalue weighted by molar-refractivity contribution is 0.419. The fourth-order valence-corrected chi connectivity index (χ4v) is 2.02. The molecule has 0 N–H and O–H groups in total. The van der Waals surface area contributed by atoms with Gasteiger partial charge in [-0.3, -0.25) is 0 Å². The quantitative estimate of drug-likeness (QED) is 0.579. The zero-order valence-corrected chi connectivity index (χ0v) is 10.1. The molecule has 0 saturated heterocycles. The van der Waals surface area contributed by atoms with Crippen molar-refractivity contribution >= 4 is 0 Å². The molecule has 1 atom stereocenters. The number of nitriles is 2. The highest BCUT2D eigenvalue weighted by Gasteiger charge is 2.39. The highest BCUT2D eigenvalue weighted by atomic mass is 14.5. The number of hydrogen-bond acceptors (Lipinski definition) is 2. The number of allylic oxidation sites excluding steroid dienone is 1. The first-order valence-electron chi connectivity index (χ1n) is 5.66. The summed E-state index contributed by atoms with van der Waals surface area (Å²) < 4.78 is 0. The van der Waals surface area contributed by atoms with E-state index in [9.17, 15) is 10.5 Å². The first-order chi connectivity index (χ1) is 8.74. The molecular weight excluding hydrogens is 220 g/mol. The van der Waals surface area contributed by atoms with Crippen LogP contribution >= 0.6 is 0 Å². The van der Waals surface area contributed by atoms with Crippen LogP contribution < -0.4 is 0 Å². The molecule has 1 unspecified atom stereocenters. The molecule has 0 aliphatic carbocycles. The first kappa shape index (κ1) is 13.6. The van der Waals surface area contributed by atoms with Crippen LogP contribution in [0.3, 0.4) is 0 Å². The summed E-state index contributed by atoms with van der Waals surface area (Å²) in [4.78, 5) is 0. The van der Waals surface area contributed by atoms with E-state index in [2.05, 4.69) is 24.6 Å². The van der Waals surface area contributed by atoms with Gasteiger partial charge in [-0.2, -0.15) is 10.5 Å². The Morgan fingerprint density at radius 3 is 2.33 bits per heavy atom. The van der Waals surface area contributed by atoms with Crippen molar-refractivity contribution in [2.24, 2.45) is 5.41 Å². The van der Waals surface area contributed by atoms with Crippen LogP contribution in [0.25, 0.3) is 0 Å². The Kier molecular flexibility index (Phi) is 4.74. The molecule has 18 heavy (non-hydrogen) atoms. The Hall–Kier alpha value is -2.50. The van der Waals surface area contributed by atoms with Crippen LogP contribution in [0.15, 0.2) is 43.0 Å². The molecule has 0 fully saturated rings. The highest BCUT2D eigenvalue weighted by Crippen LogP contribution is 2.40. The van der Waals surface area contributed by atoms with E-state index in [1.54, 1.807) is 6.08 Å². The average molecular weight is 234 g/mol. The molecule has 0 saturated carbocycles. The zero-order chi connectivity index (χ0) is 13.4. The van der Waals surface area contributed by atoms with E-state index >= 15 is 0 Å². The molecule has 0 aromatic heterocycles. The molecule has 0 aliphatic rings. The molecule has 0 radical (unpaired) electrons. The molecule has 0 amide bonds. The Morgan fingerprint density at radius 2 is 1.89 bits per heavy atom. The standard InChI is InChI=1S/C16H14N2/c1-3-8-15(14-9-6-5-7-10-14)16(12-17,13-18)11-4-2/h1,4-7,9-10,15H,2,8,11H2. The van der Waals surface area contributed by atoms with Crippen LogP contribution in [-0.2, 0) is 0 Å². The minimum Gasteiger partial charge on any atom is -0.197 e. The van der Waals surface area contributed by atoms with Crippen molar-refractivity contribution in [3.63, 3.8) is 0 Å². The van der Waals surface area contributed by atoms with E-state index < -0.39 is 5.41 Å². The molecular formula is C16H14N2. The van der Waals surface area contributed by atoms with Gasteiger partial charge in [0.2, 0.25) is 0 Å². The monoisotopic (exact) mass is 234 g/mol. The maximum Gasteiger partial charge on any atom is 0.154 e. The summed E-state index contributed by atoms with van der Waals surface area (Å²) in [5.41, 5.74) is -0.226. The van der Waals surface area contributed by atoms with Crippen molar-refractivity contribution in [1.29, 1.82) is 10.5 Å². The molecule has 0 heterocycles. The van der Waals surface area contributed by atoms with E-state index in [1.165, 1.54) is 0 Å². The highest BCUT2D eigenvalue weighted by molar-refractivity contribution is 5.32. The third kappa shape index (κ3) is 2.60. The van der Waals surface area contributed by atoms with E-state index in [4.69, 9.17) is 6.42 Å². The Morgan fingerprint density at radius 1 is 1.28 bits per heavy atom. The molecule has 0 aliphatic heterocycles. The molecule has 2 nitrogen and oxygen atoms in total. The smallest absolute Gasteiger partial charge is 0.154 e. The predicted molar refractivity (Wildman–Crippen MR) is 71.1 cm³/mol. The molecule has 0 spiro atoms. The maximum absolute atomic E-state index is 9.38. The van der Waals surface area contributed by atoms with Gasteiger partial charge in [-0.05, 0) is 12.0 Å². The van der Waals surface area contributed by atoms with Crippen LogP contribution in [0.1, 0.15) is 24.3 Å². The second-order valence-corrected chi connectivity index (χ2v) is 4.06. The van der Waals surface area contributed by atoms with Gasteiger partial charge in [0, 0.05) is 12.3 Å². The summed E-state index contributed by atoms with van der Waals surface area (Å²) >= 11 is 0. The lowest BCUT2D eigenvalue weighted by Crippen LogP contribution is -2.25. The van der Waals surface area contributed by atoms with Crippen LogP contribution in [0.2, 0.25) is 0 Å². The van der Waals surface area contributed by atoms with E-state index in [0.29, 0.717) is 12.8 Å². The van der Waals surface area contributed by atoms with Crippen molar-refractivity contribution in [1.82, 2.24) is 0 Å². The number of benzene rings is 1. The van der Waals surface area contributed by atoms with Gasteiger partial charge in [0.15, 0.2) is 5.41 Å². The van der Waals surface area contributed by atoms with Gasteiger partial charge in [-0.15, -0.1) is 18.9 Å². The van der Waals surface area contributed by atoms with Crippen molar-refractivity contribution < 1.29 is 0 Å². The van der Waals surface area contributed by atoms with E-state index in [0.717, 1.165) is 5.56 Å². The number of nitrogens with zero attached hydrogens (tertiary/aromatic N) is 2. The summed E-state index contributed by atoms with van der Waals surface area (Å²) in [6.45, 7) is 3.62. The summed E-state index contributed by atoms with van der Waals surface area (Å²) in [5.74, 6) is 2.27. The number of terminal acetylenes is 1. The molecule has 0 bridgehead atoms. The predicted octanol–water partition coefficient (Wildman–Crippen LogP) is 3.40.